The van der Waals surface area contributed by atoms with Gasteiger partial charge in [-0.15, -0.1) is 0 Å². The van der Waals surface area contributed by atoms with E-state index in [1.165, 1.54) is 0 Å². The Hall–Kier alpha value is -0.620. The van der Waals surface area contributed by atoms with E-state index in [2.05, 4.69) is 5.32 Å². The van der Waals surface area contributed by atoms with E-state index in [1.807, 2.05) is 11.8 Å². The molecule has 0 spiro atoms. The van der Waals surface area contributed by atoms with Crippen LogP contribution < -0.4 is 5.32 Å². The van der Waals surface area contributed by atoms with Crippen LogP contribution in [0.4, 0.5) is 0 Å². The highest BCUT2D eigenvalue weighted by molar-refractivity contribution is 7.91. The van der Waals surface area contributed by atoms with Crippen molar-refractivity contribution in [2.75, 3.05) is 31.1 Å². The van der Waals surface area contributed by atoms with Crippen molar-refractivity contribution in [1.29, 1.82) is 0 Å². The smallest absolute Gasteiger partial charge is 0.236 e. The Bertz CT molecular complexity index is 404. The van der Waals surface area contributed by atoms with Crippen LogP contribution in [0, 0.1) is 5.92 Å². The first-order chi connectivity index (χ1) is 8.52. The van der Waals surface area contributed by atoms with Crippen molar-refractivity contribution < 1.29 is 13.2 Å². The van der Waals surface area contributed by atoms with E-state index >= 15 is 0 Å². The van der Waals surface area contributed by atoms with Crippen LogP contribution in [-0.2, 0) is 14.6 Å². The number of likely N-dealkylation sites (N-methyl/N-ethyl adjacent to an activating group) is 1. The van der Waals surface area contributed by atoms with Crippen LogP contribution in [0.3, 0.4) is 0 Å². The molecule has 1 unspecified atom stereocenters. The van der Waals surface area contributed by atoms with Crippen LogP contribution in [0.1, 0.15) is 26.2 Å². The van der Waals surface area contributed by atoms with E-state index in [4.69, 9.17) is 0 Å². The third-order valence-electron chi connectivity index (χ3n) is 3.68. The maximum atomic E-state index is 11.9. The predicted molar refractivity (Wildman–Crippen MR) is 70.0 cm³/mol. The molecule has 1 atom stereocenters. The fourth-order valence-electron chi connectivity index (χ4n) is 2.54. The van der Waals surface area contributed by atoms with Crippen LogP contribution in [0.2, 0.25) is 0 Å². The van der Waals surface area contributed by atoms with Crippen molar-refractivity contribution in [3.8, 4) is 0 Å². The first-order valence-corrected chi connectivity index (χ1v) is 8.54. The summed E-state index contributed by atoms with van der Waals surface area (Å²) in [5.74, 6) is 0.893. The lowest BCUT2D eigenvalue weighted by Crippen LogP contribution is -2.40. The zero-order valence-corrected chi connectivity index (χ0v) is 11.7. The largest absolute Gasteiger partial charge is 0.339 e. The molecule has 0 aromatic rings. The molecule has 1 heterocycles. The molecule has 0 bridgehead atoms. The number of carbonyl (C=O) groups is 1. The van der Waals surface area contributed by atoms with E-state index < -0.39 is 9.84 Å². The molecule has 1 aliphatic carbocycles. The highest BCUT2D eigenvalue weighted by atomic mass is 32.2. The van der Waals surface area contributed by atoms with Gasteiger partial charge >= 0.3 is 0 Å². The molecule has 2 rings (SSSR count). The second-order valence-electron chi connectivity index (χ2n) is 5.31. The van der Waals surface area contributed by atoms with Crippen molar-refractivity contribution in [3.63, 3.8) is 0 Å². The molecule has 1 amide bonds. The molecule has 5 nitrogen and oxygen atoms in total. The summed E-state index contributed by atoms with van der Waals surface area (Å²) in [6.07, 6.45) is 2.98. The molecule has 0 aromatic carbocycles. The average molecular weight is 274 g/mol. The zero-order chi connectivity index (χ0) is 13.2. The monoisotopic (exact) mass is 274 g/mol. The highest BCUT2D eigenvalue weighted by Crippen LogP contribution is 2.26. The summed E-state index contributed by atoms with van der Waals surface area (Å²) in [4.78, 5) is 13.8. The van der Waals surface area contributed by atoms with Gasteiger partial charge < -0.3 is 10.2 Å². The summed E-state index contributed by atoms with van der Waals surface area (Å²) in [6, 6.07) is 0.455. The number of hydrogen-bond donors (Lipinski definition) is 1. The molecule has 0 aromatic heterocycles. The fourth-order valence-corrected chi connectivity index (χ4v) is 4.40. The molecule has 6 heteroatoms. The number of hydrogen-bond acceptors (Lipinski definition) is 4. The summed E-state index contributed by atoms with van der Waals surface area (Å²) in [6.45, 7) is 3.73. The predicted octanol–water partition coefficient (Wildman–Crippen LogP) is 0.0216. The minimum Gasteiger partial charge on any atom is -0.339 e. The maximum absolute atomic E-state index is 11.9. The molecule has 2 fully saturated rings. The van der Waals surface area contributed by atoms with Crippen molar-refractivity contribution in [2.24, 2.45) is 5.92 Å². The summed E-state index contributed by atoms with van der Waals surface area (Å²) >= 11 is 0. The lowest BCUT2D eigenvalue weighted by Gasteiger charge is -2.21. The van der Waals surface area contributed by atoms with Gasteiger partial charge in [0.2, 0.25) is 5.91 Å². The Morgan fingerprint density at radius 3 is 2.56 bits per heavy atom. The first-order valence-electron chi connectivity index (χ1n) is 6.72. The topological polar surface area (TPSA) is 66.5 Å². The maximum Gasteiger partial charge on any atom is 0.236 e. The minimum absolute atomic E-state index is 0.140. The third kappa shape index (κ3) is 3.68. The highest BCUT2D eigenvalue weighted by Gasteiger charge is 2.31. The Kier molecular flexibility index (Phi) is 4.27. The molecule has 104 valence electrons. The van der Waals surface area contributed by atoms with Crippen LogP contribution in [0.15, 0.2) is 0 Å². The quantitative estimate of drug-likeness (QED) is 0.741. The molecular weight excluding hydrogens is 252 g/mol. The zero-order valence-electron chi connectivity index (χ0n) is 10.9. The SMILES string of the molecule is CCN(C(=O)CNCC1CCS(=O)(=O)C1)C1CC1. The summed E-state index contributed by atoms with van der Waals surface area (Å²) in [5.41, 5.74) is 0. The van der Waals surface area contributed by atoms with E-state index in [0.717, 1.165) is 25.8 Å². The van der Waals surface area contributed by atoms with E-state index in [1.54, 1.807) is 0 Å². The molecule has 1 N–H and O–H groups in total. The molecule has 1 aliphatic heterocycles. The Morgan fingerprint density at radius 2 is 2.06 bits per heavy atom. The van der Waals surface area contributed by atoms with Crippen LogP contribution in [0.25, 0.3) is 0 Å². The Balaban J connectivity index is 1.67. The number of rotatable bonds is 6. The van der Waals surface area contributed by atoms with E-state index in [-0.39, 0.29) is 17.6 Å². The van der Waals surface area contributed by atoms with Gasteiger partial charge in [-0.3, -0.25) is 4.79 Å². The van der Waals surface area contributed by atoms with Crippen molar-refractivity contribution in [2.45, 2.75) is 32.2 Å². The average Bonchev–Trinajstić information content (AvgIpc) is 3.05. The number of nitrogens with zero attached hydrogens (tertiary/aromatic N) is 1. The van der Waals surface area contributed by atoms with E-state index in [9.17, 15) is 13.2 Å². The molecule has 18 heavy (non-hydrogen) atoms. The second-order valence-corrected chi connectivity index (χ2v) is 7.54. The van der Waals surface area contributed by atoms with Gasteiger partial charge in [-0.1, -0.05) is 0 Å². The first kappa shape index (κ1) is 13.8. The molecular formula is C12H22N2O3S. The molecule has 2 aliphatic rings. The van der Waals surface area contributed by atoms with Gasteiger partial charge in [0.15, 0.2) is 9.84 Å². The lowest BCUT2D eigenvalue weighted by molar-refractivity contribution is -0.130. The number of nitrogens with one attached hydrogen (secondary N) is 1. The molecule has 1 saturated heterocycles. The van der Waals surface area contributed by atoms with Crippen molar-refractivity contribution in [3.05, 3.63) is 0 Å². The van der Waals surface area contributed by atoms with Crippen molar-refractivity contribution >= 4 is 15.7 Å². The van der Waals surface area contributed by atoms with E-state index in [0.29, 0.717) is 24.9 Å². The van der Waals surface area contributed by atoms with Gasteiger partial charge in [0.05, 0.1) is 18.1 Å². The lowest BCUT2D eigenvalue weighted by atomic mass is 10.1. The van der Waals surface area contributed by atoms with Crippen molar-refractivity contribution in [1.82, 2.24) is 10.2 Å². The summed E-state index contributed by atoms with van der Waals surface area (Å²) in [5, 5.41) is 3.11. The third-order valence-corrected chi connectivity index (χ3v) is 5.52. The van der Waals surface area contributed by atoms with Gasteiger partial charge in [-0.05, 0) is 38.6 Å². The van der Waals surface area contributed by atoms with Gasteiger partial charge in [-0.25, -0.2) is 8.42 Å². The number of sulfone groups is 1. The Morgan fingerprint density at radius 1 is 1.33 bits per heavy atom. The standard InChI is InChI=1S/C12H22N2O3S/c1-2-14(11-3-4-11)12(15)8-13-7-10-5-6-18(16,17)9-10/h10-11,13H,2-9H2,1H3. The number of carbonyl (C=O) groups excluding carboxylic acids is 1. The Labute approximate surface area is 109 Å². The summed E-state index contributed by atoms with van der Waals surface area (Å²) in [7, 11) is -2.81. The van der Waals surface area contributed by atoms with Crippen LogP contribution in [0.5, 0.6) is 0 Å². The summed E-state index contributed by atoms with van der Waals surface area (Å²) < 4.78 is 22.6. The molecule has 1 saturated carbocycles. The van der Waals surface area contributed by atoms with Gasteiger partial charge in [-0.2, -0.15) is 0 Å². The molecule has 0 radical (unpaired) electrons. The number of amides is 1. The van der Waals surface area contributed by atoms with Gasteiger partial charge in [0.25, 0.3) is 0 Å². The second kappa shape index (κ2) is 5.57. The van der Waals surface area contributed by atoms with Crippen LogP contribution >= 0.6 is 0 Å². The van der Waals surface area contributed by atoms with Gasteiger partial charge in [0, 0.05) is 12.6 Å². The minimum atomic E-state index is -2.81. The normalized spacial score (nSPS) is 26.2. The van der Waals surface area contributed by atoms with Gasteiger partial charge in [0.1, 0.15) is 0 Å². The van der Waals surface area contributed by atoms with Crippen LogP contribution in [-0.4, -0.2) is 56.4 Å². The fraction of sp³-hybridized carbons (Fsp3) is 0.917.